The molecule has 0 spiro atoms. The van der Waals surface area contributed by atoms with Crippen molar-refractivity contribution in [3.63, 3.8) is 0 Å². The van der Waals surface area contributed by atoms with E-state index in [2.05, 4.69) is 49.7 Å². The van der Waals surface area contributed by atoms with Gasteiger partial charge in [0.1, 0.15) is 5.75 Å². The molecule has 8 heteroatoms. The molecule has 5 rings (SSSR count). The molecule has 3 aromatic carbocycles. The Hall–Kier alpha value is -4.30. The van der Waals surface area contributed by atoms with Gasteiger partial charge in [-0.3, -0.25) is 9.69 Å². The van der Waals surface area contributed by atoms with Crippen molar-refractivity contribution in [3.8, 4) is 5.75 Å². The fourth-order valence-electron chi connectivity index (χ4n) is 4.31. The zero-order valence-electron chi connectivity index (χ0n) is 20.2. The molecule has 0 aliphatic carbocycles. The summed E-state index contributed by atoms with van der Waals surface area (Å²) in [6.07, 6.45) is 0.837. The average molecular weight is 481 g/mol. The van der Waals surface area contributed by atoms with Crippen LogP contribution in [0.1, 0.15) is 22.5 Å². The zero-order valence-corrected chi connectivity index (χ0v) is 20.2. The van der Waals surface area contributed by atoms with Gasteiger partial charge in [0.15, 0.2) is 5.82 Å². The average Bonchev–Trinajstić information content (AvgIpc) is 3.35. The van der Waals surface area contributed by atoms with Crippen LogP contribution >= 0.6 is 0 Å². The second-order valence-electron chi connectivity index (χ2n) is 8.76. The van der Waals surface area contributed by atoms with Crippen molar-refractivity contribution >= 4 is 10.9 Å². The van der Waals surface area contributed by atoms with Crippen molar-refractivity contribution in [2.75, 3.05) is 7.11 Å². The summed E-state index contributed by atoms with van der Waals surface area (Å²) in [7, 11) is 1.64. The van der Waals surface area contributed by atoms with Crippen LogP contribution in [0.2, 0.25) is 0 Å². The third kappa shape index (κ3) is 5.67. The van der Waals surface area contributed by atoms with Crippen LogP contribution in [0, 0.1) is 0 Å². The first-order valence-corrected chi connectivity index (χ1v) is 11.9. The summed E-state index contributed by atoms with van der Waals surface area (Å²) in [6.45, 7) is 2.29. The summed E-state index contributed by atoms with van der Waals surface area (Å²) in [5.41, 5.74) is 3.74. The van der Waals surface area contributed by atoms with Gasteiger partial charge in [0, 0.05) is 36.1 Å². The zero-order chi connectivity index (χ0) is 24.7. The molecule has 0 saturated heterocycles. The van der Waals surface area contributed by atoms with Crippen LogP contribution in [0.4, 0.5) is 0 Å². The Labute approximate surface area is 209 Å². The van der Waals surface area contributed by atoms with Crippen LogP contribution in [0.15, 0.2) is 89.7 Å². The van der Waals surface area contributed by atoms with Gasteiger partial charge in [0.05, 0.1) is 13.7 Å². The number of rotatable bonds is 10. The Balaban J connectivity index is 1.40. The van der Waals surface area contributed by atoms with E-state index in [1.54, 1.807) is 7.11 Å². The quantitative estimate of drug-likeness (QED) is 0.325. The number of ether oxygens (including phenoxy) is 1. The minimum atomic E-state index is -0.102. The predicted octanol–water partition coefficient (Wildman–Crippen LogP) is 3.97. The second-order valence-corrected chi connectivity index (χ2v) is 8.76. The van der Waals surface area contributed by atoms with Crippen molar-refractivity contribution in [1.29, 1.82) is 0 Å². The lowest BCUT2D eigenvalue weighted by Gasteiger charge is -2.22. The van der Waals surface area contributed by atoms with Gasteiger partial charge in [0.2, 0.25) is 0 Å². The molecule has 0 aliphatic rings. The van der Waals surface area contributed by atoms with Crippen molar-refractivity contribution < 1.29 is 4.74 Å². The maximum atomic E-state index is 12.9. The fraction of sp³-hybridized carbons (Fsp3) is 0.214. The number of nitrogens with zero attached hydrogens (tertiary/aromatic N) is 5. The van der Waals surface area contributed by atoms with E-state index in [0.717, 1.165) is 34.5 Å². The molecule has 0 radical (unpaired) electrons. The summed E-state index contributed by atoms with van der Waals surface area (Å²) in [4.78, 5) is 18.1. The van der Waals surface area contributed by atoms with E-state index in [4.69, 9.17) is 4.74 Å². The highest BCUT2D eigenvalue weighted by Crippen LogP contribution is 2.20. The van der Waals surface area contributed by atoms with Crippen molar-refractivity contribution in [1.82, 2.24) is 30.1 Å². The largest absolute Gasteiger partial charge is 0.497 e. The van der Waals surface area contributed by atoms with Crippen LogP contribution in [0.25, 0.3) is 10.9 Å². The lowest BCUT2D eigenvalue weighted by Crippen LogP contribution is -2.28. The van der Waals surface area contributed by atoms with E-state index in [1.165, 1.54) is 5.56 Å². The maximum Gasteiger partial charge on any atom is 0.252 e. The smallest absolute Gasteiger partial charge is 0.252 e. The Morgan fingerprint density at radius 1 is 0.889 bits per heavy atom. The highest BCUT2D eigenvalue weighted by molar-refractivity contribution is 5.80. The summed E-state index contributed by atoms with van der Waals surface area (Å²) in [6, 6.07) is 28.1. The summed E-state index contributed by atoms with van der Waals surface area (Å²) in [5.74, 6) is 1.51. The molecule has 1 N–H and O–H groups in total. The Morgan fingerprint density at radius 2 is 1.64 bits per heavy atom. The number of methoxy groups -OCH3 is 1. The molecule has 0 unspecified atom stereocenters. The Morgan fingerprint density at radius 3 is 2.39 bits per heavy atom. The van der Waals surface area contributed by atoms with Gasteiger partial charge >= 0.3 is 0 Å². The number of aromatic amines is 1. The van der Waals surface area contributed by atoms with E-state index in [0.29, 0.717) is 31.7 Å². The van der Waals surface area contributed by atoms with Crippen LogP contribution in [-0.2, 0) is 32.6 Å². The van der Waals surface area contributed by atoms with Gasteiger partial charge in [-0.1, -0.05) is 60.7 Å². The number of nitrogens with one attached hydrogen (secondary N) is 1. The summed E-state index contributed by atoms with van der Waals surface area (Å²) in [5, 5.41) is 13.4. The van der Waals surface area contributed by atoms with Crippen LogP contribution in [-0.4, -0.2) is 37.2 Å². The molecular weight excluding hydrogens is 452 g/mol. The molecule has 8 nitrogen and oxygen atoms in total. The number of hydrogen-bond donors (Lipinski definition) is 1. The monoisotopic (exact) mass is 480 g/mol. The maximum absolute atomic E-state index is 12.9. The van der Waals surface area contributed by atoms with Gasteiger partial charge in [-0.15, -0.1) is 5.10 Å². The van der Waals surface area contributed by atoms with Gasteiger partial charge < -0.3 is 9.72 Å². The van der Waals surface area contributed by atoms with E-state index < -0.39 is 0 Å². The normalized spacial score (nSPS) is 11.3. The van der Waals surface area contributed by atoms with Gasteiger partial charge in [0.25, 0.3) is 5.56 Å². The SMILES string of the molecule is COc1ccc2[nH]c(=O)c(CN(Cc3ccccc3)Cc3nnnn3CCc3ccccc3)cc2c1. The number of fused-ring (bicyclic) bond motifs is 1. The fourth-order valence-corrected chi connectivity index (χ4v) is 4.31. The minimum absolute atomic E-state index is 0.102. The number of tetrazole rings is 1. The molecule has 0 amide bonds. The van der Waals surface area contributed by atoms with Crippen molar-refractivity contribution in [2.24, 2.45) is 0 Å². The molecule has 0 saturated carbocycles. The minimum Gasteiger partial charge on any atom is -0.497 e. The molecule has 2 heterocycles. The number of aromatic nitrogens is 5. The molecule has 0 atom stereocenters. The summed E-state index contributed by atoms with van der Waals surface area (Å²) >= 11 is 0. The topological polar surface area (TPSA) is 88.9 Å². The van der Waals surface area contributed by atoms with Gasteiger partial charge in [-0.25, -0.2) is 4.68 Å². The molecule has 0 fully saturated rings. The molecule has 182 valence electrons. The Kier molecular flexibility index (Phi) is 7.14. The number of pyridine rings is 1. The lowest BCUT2D eigenvalue weighted by molar-refractivity contribution is 0.235. The third-order valence-corrected chi connectivity index (χ3v) is 6.20. The highest BCUT2D eigenvalue weighted by atomic mass is 16.5. The van der Waals surface area contributed by atoms with Crippen molar-refractivity contribution in [2.45, 2.75) is 32.6 Å². The number of H-pyrrole nitrogens is 1. The van der Waals surface area contributed by atoms with Crippen LogP contribution < -0.4 is 10.3 Å². The first-order valence-electron chi connectivity index (χ1n) is 11.9. The van der Waals surface area contributed by atoms with E-state index in [9.17, 15) is 4.79 Å². The van der Waals surface area contributed by atoms with Crippen LogP contribution in [0.3, 0.4) is 0 Å². The second kappa shape index (κ2) is 11.0. The molecule has 0 bridgehead atoms. The molecule has 0 aliphatic heterocycles. The molecule has 5 aromatic rings. The standard InChI is InChI=1S/C28H28N6O2/c1-36-25-12-13-26-23(17-25)16-24(28(35)29-26)19-33(18-22-10-6-3-7-11-22)20-27-30-31-32-34(27)15-14-21-8-4-2-5-9-21/h2-13,16-17H,14-15,18-20H2,1H3,(H,29,35). The van der Waals surface area contributed by atoms with Gasteiger partial charge in [-0.05, 0) is 52.2 Å². The van der Waals surface area contributed by atoms with E-state index >= 15 is 0 Å². The molecule has 2 aromatic heterocycles. The van der Waals surface area contributed by atoms with E-state index in [-0.39, 0.29) is 5.56 Å². The van der Waals surface area contributed by atoms with Gasteiger partial charge in [-0.2, -0.15) is 0 Å². The first-order chi connectivity index (χ1) is 17.7. The molecule has 36 heavy (non-hydrogen) atoms. The molecular formula is C28H28N6O2. The number of hydrogen-bond acceptors (Lipinski definition) is 6. The van der Waals surface area contributed by atoms with Crippen molar-refractivity contribution in [3.05, 3.63) is 118 Å². The van der Waals surface area contributed by atoms with E-state index in [1.807, 2.05) is 65.3 Å². The first kappa shape index (κ1) is 23.4. The number of aryl methyl sites for hydroxylation is 2. The third-order valence-electron chi connectivity index (χ3n) is 6.20. The summed E-state index contributed by atoms with van der Waals surface area (Å²) < 4.78 is 7.21. The lowest BCUT2D eigenvalue weighted by atomic mass is 10.1. The Bertz CT molecular complexity index is 1480. The van der Waals surface area contributed by atoms with Crippen LogP contribution in [0.5, 0.6) is 5.75 Å². The number of benzene rings is 3. The predicted molar refractivity (Wildman–Crippen MR) is 138 cm³/mol. The highest BCUT2D eigenvalue weighted by Gasteiger charge is 2.16.